The van der Waals surface area contributed by atoms with Crippen LogP contribution in [0.4, 0.5) is 0 Å². The van der Waals surface area contributed by atoms with Crippen molar-refractivity contribution in [2.45, 2.75) is 92.0 Å². The number of hydrogen-bond donors (Lipinski definition) is 3. The first kappa shape index (κ1) is 31.9. The van der Waals surface area contributed by atoms with E-state index in [-0.39, 0.29) is 5.41 Å². The fourth-order valence-corrected chi connectivity index (χ4v) is 4.30. The molecule has 0 atom stereocenters. The second-order valence-electron chi connectivity index (χ2n) is 8.52. The summed E-state index contributed by atoms with van der Waals surface area (Å²) >= 11 is 0. The lowest BCUT2D eigenvalue weighted by molar-refractivity contribution is 0.246. The van der Waals surface area contributed by atoms with E-state index < -0.39 is 0 Å². The topological polar surface area (TPSA) is 50.1 Å². The third-order valence-electron chi connectivity index (χ3n) is 6.02. The minimum atomic E-state index is 0.160. The number of nitrogens with two attached hydrogens (primary N) is 1. The van der Waals surface area contributed by atoms with E-state index in [9.17, 15) is 0 Å². The molecule has 0 saturated heterocycles. The molecule has 1 aliphatic carbocycles. The monoisotopic (exact) mass is 467 g/mol. The predicted octanol–water partition coefficient (Wildman–Crippen LogP) is 7.45. The molecule has 34 heavy (non-hydrogen) atoms. The van der Waals surface area contributed by atoms with Gasteiger partial charge in [-0.2, -0.15) is 0 Å². The molecule has 0 unspecified atom stereocenters. The summed E-state index contributed by atoms with van der Waals surface area (Å²) in [5, 5.41) is 7.27. The van der Waals surface area contributed by atoms with Crippen molar-refractivity contribution in [1.29, 1.82) is 0 Å². The lowest BCUT2D eigenvalue weighted by atomic mass is 9.68. The molecule has 1 fully saturated rings. The first-order chi connectivity index (χ1) is 16.6. The van der Waals surface area contributed by atoms with Gasteiger partial charge < -0.3 is 16.4 Å². The van der Waals surface area contributed by atoms with Crippen molar-refractivity contribution in [3.63, 3.8) is 0 Å². The van der Waals surface area contributed by atoms with Crippen LogP contribution >= 0.6 is 0 Å². The normalized spacial score (nSPS) is 18.6. The van der Waals surface area contributed by atoms with Crippen LogP contribution in [0, 0.1) is 6.92 Å². The Morgan fingerprint density at radius 2 is 1.47 bits per heavy atom. The van der Waals surface area contributed by atoms with Gasteiger partial charge in [-0.05, 0) is 49.3 Å². The lowest BCUT2D eigenvalue weighted by Crippen LogP contribution is -2.45. The van der Waals surface area contributed by atoms with Crippen LogP contribution < -0.4 is 16.4 Å². The summed E-state index contributed by atoms with van der Waals surface area (Å²) in [4.78, 5) is 0. The molecule has 2 aromatic rings. The van der Waals surface area contributed by atoms with E-state index in [0.717, 1.165) is 18.8 Å². The molecule has 0 aromatic heterocycles. The van der Waals surface area contributed by atoms with Gasteiger partial charge in [-0.3, -0.25) is 0 Å². The van der Waals surface area contributed by atoms with Gasteiger partial charge in [0.05, 0.1) is 0 Å². The van der Waals surface area contributed by atoms with Crippen molar-refractivity contribution in [2.75, 3.05) is 19.6 Å². The van der Waals surface area contributed by atoms with Crippen molar-refractivity contribution in [3.05, 3.63) is 77.9 Å². The van der Waals surface area contributed by atoms with Crippen molar-refractivity contribution in [2.24, 2.45) is 5.73 Å². The maximum Gasteiger partial charge on any atom is 0.0343 e. The summed E-state index contributed by atoms with van der Waals surface area (Å²) in [6.45, 7) is 21.2. The Balaban J connectivity index is 0.00000141. The largest absolute Gasteiger partial charge is 0.384 e. The third-order valence-corrected chi connectivity index (χ3v) is 6.02. The number of aryl methyl sites for hydroxylation is 1. The van der Waals surface area contributed by atoms with Gasteiger partial charge in [-0.25, -0.2) is 0 Å². The zero-order valence-corrected chi connectivity index (χ0v) is 23.2. The van der Waals surface area contributed by atoms with Crippen LogP contribution in [0.2, 0.25) is 0 Å². The number of nitrogens with one attached hydrogen (secondary N) is 2. The Morgan fingerprint density at radius 3 is 2.00 bits per heavy atom. The Morgan fingerprint density at radius 1 is 0.941 bits per heavy atom. The molecule has 2 aromatic carbocycles. The van der Waals surface area contributed by atoms with Crippen molar-refractivity contribution in [3.8, 4) is 0 Å². The molecular formula is C31H53N3. The molecule has 1 saturated carbocycles. The van der Waals surface area contributed by atoms with E-state index in [2.05, 4.69) is 92.6 Å². The van der Waals surface area contributed by atoms with Gasteiger partial charge in [0, 0.05) is 36.8 Å². The highest BCUT2D eigenvalue weighted by molar-refractivity contribution is 5.64. The van der Waals surface area contributed by atoms with Gasteiger partial charge >= 0.3 is 0 Å². The molecule has 0 amide bonds. The van der Waals surface area contributed by atoms with E-state index in [1.54, 1.807) is 0 Å². The molecule has 4 N–H and O–H groups in total. The minimum Gasteiger partial charge on any atom is -0.384 e. The zero-order valence-electron chi connectivity index (χ0n) is 23.2. The summed E-state index contributed by atoms with van der Waals surface area (Å²) < 4.78 is 0. The standard InChI is InChI=1S/C24H33N3.C3H8.2C2H6/c1-19-8-6-7-11-23(19)20(2)27-18-24(21-9-4-3-5-10-21)14-12-22(13-15-24)26-17-16-25;1-3-2;2*1-2/h3-11,22,26-27H,2,12-18,25H2,1H3;3H2,1-2H3;2*1-2H3. The summed E-state index contributed by atoms with van der Waals surface area (Å²) in [6.07, 6.45) is 5.97. The van der Waals surface area contributed by atoms with E-state index in [4.69, 9.17) is 5.73 Å². The van der Waals surface area contributed by atoms with Gasteiger partial charge in [0.2, 0.25) is 0 Å². The van der Waals surface area contributed by atoms with Gasteiger partial charge in [-0.15, -0.1) is 0 Å². The molecule has 0 bridgehead atoms. The first-order valence-electron chi connectivity index (χ1n) is 13.5. The molecule has 1 aliphatic rings. The zero-order chi connectivity index (χ0) is 25.8. The van der Waals surface area contributed by atoms with E-state index in [1.165, 1.54) is 48.8 Å². The van der Waals surface area contributed by atoms with Crippen LogP contribution in [0.1, 0.15) is 90.3 Å². The van der Waals surface area contributed by atoms with Gasteiger partial charge in [0.15, 0.2) is 0 Å². The molecule has 192 valence electrons. The molecule has 0 aliphatic heterocycles. The van der Waals surface area contributed by atoms with Crippen LogP contribution in [-0.2, 0) is 5.41 Å². The van der Waals surface area contributed by atoms with Crippen molar-refractivity contribution in [1.82, 2.24) is 10.6 Å². The number of rotatable bonds is 8. The fraction of sp³-hybridized carbons (Fsp3) is 0.548. The third kappa shape index (κ3) is 10.4. The Labute approximate surface area is 211 Å². The molecule has 0 spiro atoms. The highest BCUT2D eigenvalue weighted by Gasteiger charge is 2.36. The molecule has 0 heterocycles. The predicted molar refractivity (Wildman–Crippen MR) is 154 cm³/mol. The Hall–Kier alpha value is -2.10. The van der Waals surface area contributed by atoms with Crippen LogP contribution in [0.3, 0.4) is 0 Å². The van der Waals surface area contributed by atoms with Crippen molar-refractivity contribution >= 4 is 5.70 Å². The summed E-state index contributed by atoms with van der Waals surface area (Å²) in [5.41, 5.74) is 10.7. The van der Waals surface area contributed by atoms with E-state index >= 15 is 0 Å². The second kappa shape index (κ2) is 19.2. The molecule has 3 nitrogen and oxygen atoms in total. The van der Waals surface area contributed by atoms with Crippen LogP contribution in [0.15, 0.2) is 61.2 Å². The first-order valence-corrected chi connectivity index (χ1v) is 13.5. The maximum atomic E-state index is 5.66. The average molecular weight is 468 g/mol. The summed E-state index contributed by atoms with van der Waals surface area (Å²) in [7, 11) is 0. The van der Waals surface area contributed by atoms with Crippen LogP contribution in [-0.4, -0.2) is 25.7 Å². The Kier molecular flexibility index (Phi) is 18.0. The fourth-order valence-electron chi connectivity index (χ4n) is 4.30. The van der Waals surface area contributed by atoms with Crippen LogP contribution in [0.5, 0.6) is 0 Å². The summed E-state index contributed by atoms with van der Waals surface area (Å²) in [5.74, 6) is 0. The highest BCUT2D eigenvalue weighted by atomic mass is 14.9. The van der Waals surface area contributed by atoms with Crippen LogP contribution in [0.25, 0.3) is 5.70 Å². The molecule has 3 rings (SSSR count). The molecule has 0 radical (unpaired) electrons. The van der Waals surface area contributed by atoms with Crippen molar-refractivity contribution < 1.29 is 0 Å². The molecular weight excluding hydrogens is 414 g/mol. The van der Waals surface area contributed by atoms with E-state index in [1.807, 2.05) is 27.7 Å². The van der Waals surface area contributed by atoms with Gasteiger partial charge in [-0.1, -0.05) is 109 Å². The SMILES string of the molecule is C=C(NCC1(c2ccccc2)CCC(NCCN)CC1)c1ccccc1C.CC.CC.CCC. The highest BCUT2D eigenvalue weighted by Crippen LogP contribution is 2.39. The Bertz CT molecular complexity index is 746. The maximum absolute atomic E-state index is 5.66. The van der Waals surface area contributed by atoms with Gasteiger partial charge in [0.1, 0.15) is 0 Å². The lowest BCUT2D eigenvalue weighted by Gasteiger charge is -2.41. The summed E-state index contributed by atoms with van der Waals surface area (Å²) in [6, 6.07) is 20.0. The average Bonchev–Trinajstić information content (AvgIpc) is 2.90. The second-order valence-corrected chi connectivity index (χ2v) is 8.52. The quantitative estimate of drug-likeness (QED) is 0.378. The molecule has 3 heteroatoms. The smallest absolute Gasteiger partial charge is 0.0343 e. The van der Waals surface area contributed by atoms with Gasteiger partial charge in [0.25, 0.3) is 0 Å². The minimum absolute atomic E-state index is 0.160. The number of hydrogen-bond acceptors (Lipinski definition) is 3. The van der Waals surface area contributed by atoms with E-state index in [0.29, 0.717) is 12.6 Å². The number of benzene rings is 2.